The molecule has 2 atom stereocenters. The van der Waals surface area contributed by atoms with Crippen LogP contribution in [0.25, 0.3) is 0 Å². The molecule has 2 amide bonds. The average molecular weight is 396 g/mol. The number of carbonyl (C=O) groups excluding carboxylic acids is 1. The number of nitrogens with zero attached hydrogens (tertiary/aromatic N) is 2. The van der Waals surface area contributed by atoms with Crippen molar-refractivity contribution in [1.82, 2.24) is 15.1 Å². The van der Waals surface area contributed by atoms with Crippen molar-refractivity contribution in [3.63, 3.8) is 0 Å². The Kier molecular flexibility index (Phi) is 7.50. The first kappa shape index (κ1) is 21.5. The van der Waals surface area contributed by atoms with Gasteiger partial charge in [0.15, 0.2) is 0 Å². The third-order valence-corrected chi connectivity index (χ3v) is 6.00. The van der Waals surface area contributed by atoms with Crippen LogP contribution in [0.3, 0.4) is 0 Å². The number of benzene rings is 1. The number of halogens is 1. The van der Waals surface area contributed by atoms with Crippen molar-refractivity contribution in [2.45, 2.75) is 57.7 Å². The first-order chi connectivity index (χ1) is 12.7. The van der Waals surface area contributed by atoms with E-state index >= 15 is 0 Å². The highest BCUT2D eigenvalue weighted by Gasteiger charge is 2.35. The first-order valence-corrected chi connectivity index (χ1v) is 9.85. The maximum absolute atomic E-state index is 12.6. The van der Waals surface area contributed by atoms with Crippen LogP contribution in [0.2, 0.25) is 5.02 Å². The second-order valence-corrected chi connectivity index (χ2v) is 7.86. The van der Waals surface area contributed by atoms with Gasteiger partial charge in [-0.25, -0.2) is 4.79 Å². The Hall–Kier alpha value is -1.79. The van der Waals surface area contributed by atoms with Crippen molar-refractivity contribution < 1.29 is 14.7 Å². The van der Waals surface area contributed by atoms with Crippen LogP contribution in [0.4, 0.5) is 4.79 Å². The van der Waals surface area contributed by atoms with Gasteiger partial charge >= 0.3 is 12.0 Å². The predicted octanol–water partition coefficient (Wildman–Crippen LogP) is 3.41. The molecule has 0 saturated heterocycles. The molecule has 7 heteroatoms. The van der Waals surface area contributed by atoms with Gasteiger partial charge in [-0.05, 0) is 44.0 Å². The van der Waals surface area contributed by atoms with Gasteiger partial charge in [0, 0.05) is 36.1 Å². The van der Waals surface area contributed by atoms with E-state index < -0.39 is 5.97 Å². The number of carbonyl (C=O) groups is 2. The molecule has 1 saturated carbocycles. The predicted molar refractivity (Wildman–Crippen MR) is 107 cm³/mol. The first-order valence-electron chi connectivity index (χ1n) is 9.47. The highest BCUT2D eigenvalue weighted by molar-refractivity contribution is 6.30. The number of urea groups is 1. The van der Waals surface area contributed by atoms with E-state index in [1.54, 1.807) is 4.90 Å². The normalized spacial score (nSPS) is 21.3. The lowest BCUT2D eigenvalue weighted by Crippen LogP contribution is -2.57. The summed E-state index contributed by atoms with van der Waals surface area (Å²) in [6, 6.07) is 7.99. The third kappa shape index (κ3) is 5.59. The van der Waals surface area contributed by atoms with Gasteiger partial charge in [0.25, 0.3) is 0 Å². The van der Waals surface area contributed by atoms with Gasteiger partial charge in [-0.1, -0.05) is 37.6 Å². The van der Waals surface area contributed by atoms with Crippen LogP contribution >= 0.6 is 11.6 Å². The van der Waals surface area contributed by atoms with Crippen LogP contribution < -0.4 is 5.32 Å². The van der Waals surface area contributed by atoms with Crippen LogP contribution in [0.15, 0.2) is 24.3 Å². The Morgan fingerprint density at radius 2 is 1.85 bits per heavy atom. The summed E-state index contributed by atoms with van der Waals surface area (Å²) in [7, 11) is 1.81. The smallest absolute Gasteiger partial charge is 0.317 e. The fourth-order valence-electron chi connectivity index (χ4n) is 3.52. The van der Waals surface area contributed by atoms with Crippen molar-refractivity contribution in [2.75, 3.05) is 20.1 Å². The summed E-state index contributed by atoms with van der Waals surface area (Å²) in [5.74, 6) is -0.632. The lowest BCUT2D eigenvalue weighted by Gasteiger charge is -2.43. The molecule has 0 aliphatic heterocycles. The lowest BCUT2D eigenvalue weighted by atomic mass is 9.85. The molecule has 1 aliphatic rings. The standard InChI is InChI=1S/C20H30ClN3O3/c1-5-24(12-19(25)26)18-10-17(11-18)22-20(27)23(4)14(3)13(2)15-6-8-16(21)9-7-15/h6-9,13-14,17-18H,5,10-12H2,1-4H3,(H,22,27)(H,25,26). The van der Waals surface area contributed by atoms with E-state index in [9.17, 15) is 9.59 Å². The molecule has 1 aliphatic carbocycles. The number of rotatable bonds is 8. The minimum atomic E-state index is -0.811. The van der Waals surface area contributed by atoms with E-state index in [1.165, 1.54) is 0 Å². The fourth-order valence-corrected chi connectivity index (χ4v) is 3.64. The molecular formula is C20H30ClN3O3. The van der Waals surface area contributed by atoms with Gasteiger partial charge in [-0.3, -0.25) is 9.69 Å². The lowest BCUT2D eigenvalue weighted by molar-refractivity contribution is -0.139. The molecule has 0 aromatic heterocycles. The molecule has 0 spiro atoms. The second-order valence-electron chi connectivity index (χ2n) is 7.42. The fraction of sp³-hybridized carbons (Fsp3) is 0.600. The highest BCUT2D eigenvalue weighted by atomic mass is 35.5. The largest absolute Gasteiger partial charge is 0.480 e. The monoisotopic (exact) mass is 395 g/mol. The van der Waals surface area contributed by atoms with Crippen LogP contribution in [0.1, 0.15) is 45.1 Å². The molecule has 1 aromatic rings. The highest BCUT2D eigenvalue weighted by Crippen LogP contribution is 2.27. The maximum Gasteiger partial charge on any atom is 0.317 e. The zero-order chi connectivity index (χ0) is 20.1. The molecule has 2 rings (SSSR count). The van der Waals surface area contributed by atoms with Crippen LogP contribution in [-0.4, -0.2) is 65.2 Å². The molecule has 6 nitrogen and oxygen atoms in total. The van der Waals surface area contributed by atoms with Crippen molar-refractivity contribution in [2.24, 2.45) is 0 Å². The number of hydrogen-bond acceptors (Lipinski definition) is 3. The minimum absolute atomic E-state index is 0.0289. The summed E-state index contributed by atoms with van der Waals surface area (Å²) in [4.78, 5) is 27.2. The number of likely N-dealkylation sites (N-methyl/N-ethyl adjacent to an activating group) is 2. The molecule has 1 aromatic carbocycles. The van der Waals surface area contributed by atoms with Crippen molar-refractivity contribution >= 4 is 23.6 Å². The summed E-state index contributed by atoms with van der Waals surface area (Å²) in [5.41, 5.74) is 1.14. The van der Waals surface area contributed by atoms with Gasteiger partial charge < -0.3 is 15.3 Å². The molecule has 2 N–H and O–H groups in total. The van der Waals surface area contributed by atoms with E-state index in [2.05, 4.69) is 12.2 Å². The SMILES string of the molecule is CCN(CC(=O)O)C1CC(NC(=O)N(C)C(C)C(C)c2ccc(Cl)cc2)C1. The molecule has 27 heavy (non-hydrogen) atoms. The molecule has 2 unspecified atom stereocenters. The molecule has 1 fully saturated rings. The Bertz CT molecular complexity index is 646. The van der Waals surface area contributed by atoms with E-state index in [0.29, 0.717) is 11.6 Å². The summed E-state index contributed by atoms with van der Waals surface area (Å²) >= 11 is 5.95. The number of carboxylic acid groups (broad SMARTS) is 1. The van der Waals surface area contributed by atoms with Crippen LogP contribution in [0, 0.1) is 0 Å². The number of aliphatic carboxylic acids is 1. The molecule has 0 radical (unpaired) electrons. The third-order valence-electron chi connectivity index (χ3n) is 5.75. The summed E-state index contributed by atoms with van der Waals surface area (Å²) in [5, 5.41) is 12.7. The Labute approximate surface area is 166 Å². The van der Waals surface area contributed by atoms with Crippen molar-refractivity contribution in [3.8, 4) is 0 Å². The zero-order valence-corrected chi connectivity index (χ0v) is 17.2. The molecular weight excluding hydrogens is 366 g/mol. The van der Waals surface area contributed by atoms with E-state index in [4.69, 9.17) is 16.7 Å². The van der Waals surface area contributed by atoms with Gasteiger partial charge in [0.2, 0.25) is 0 Å². The minimum Gasteiger partial charge on any atom is -0.480 e. The Morgan fingerprint density at radius 3 is 2.37 bits per heavy atom. The summed E-state index contributed by atoms with van der Waals surface area (Å²) in [6.45, 7) is 6.85. The number of nitrogens with one attached hydrogen (secondary N) is 1. The second kappa shape index (κ2) is 9.42. The molecule has 0 heterocycles. The summed E-state index contributed by atoms with van der Waals surface area (Å²) in [6.07, 6.45) is 1.59. The summed E-state index contributed by atoms with van der Waals surface area (Å²) < 4.78 is 0. The zero-order valence-electron chi connectivity index (χ0n) is 16.5. The van der Waals surface area contributed by atoms with Gasteiger partial charge in [0.05, 0.1) is 6.54 Å². The quantitative estimate of drug-likeness (QED) is 0.707. The van der Waals surface area contributed by atoms with Crippen LogP contribution in [-0.2, 0) is 4.79 Å². The number of carboxylic acids is 1. The van der Waals surface area contributed by atoms with E-state index in [0.717, 1.165) is 18.4 Å². The number of amides is 2. The van der Waals surface area contributed by atoms with Gasteiger partial charge in [-0.2, -0.15) is 0 Å². The van der Waals surface area contributed by atoms with Gasteiger partial charge in [-0.15, -0.1) is 0 Å². The van der Waals surface area contributed by atoms with Crippen molar-refractivity contribution in [3.05, 3.63) is 34.9 Å². The molecule has 0 bridgehead atoms. The van der Waals surface area contributed by atoms with Gasteiger partial charge in [0.1, 0.15) is 0 Å². The number of hydrogen-bond donors (Lipinski definition) is 2. The molecule has 150 valence electrons. The van der Waals surface area contributed by atoms with E-state index in [1.807, 2.05) is 50.1 Å². The topological polar surface area (TPSA) is 72.9 Å². The maximum atomic E-state index is 12.6. The Morgan fingerprint density at radius 1 is 1.26 bits per heavy atom. The van der Waals surface area contributed by atoms with Crippen LogP contribution in [0.5, 0.6) is 0 Å². The Balaban J connectivity index is 1.83. The van der Waals surface area contributed by atoms with E-state index in [-0.39, 0.29) is 36.6 Å². The van der Waals surface area contributed by atoms with Crippen molar-refractivity contribution in [1.29, 1.82) is 0 Å². The average Bonchev–Trinajstić information content (AvgIpc) is 2.61.